The molecule has 0 spiro atoms. The number of fused-ring (bicyclic) bond motifs is 1. The van der Waals surface area contributed by atoms with Crippen LogP contribution in [0.2, 0.25) is 0 Å². The Kier molecular flexibility index (Phi) is 3.42. The number of carbonyl (C=O) groups is 1. The van der Waals surface area contributed by atoms with Gasteiger partial charge in [-0.25, -0.2) is 14.8 Å². The van der Waals surface area contributed by atoms with E-state index in [-0.39, 0.29) is 11.7 Å². The molecule has 2 N–H and O–H groups in total. The molecule has 24 heavy (non-hydrogen) atoms. The van der Waals surface area contributed by atoms with E-state index in [1.807, 2.05) is 15.5 Å². The molecule has 0 aliphatic carbocycles. The number of carboxylic acid groups (broad SMARTS) is 1. The zero-order valence-corrected chi connectivity index (χ0v) is 12.8. The summed E-state index contributed by atoms with van der Waals surface area (Å²) in [5, 5.41) is 18.7. The van der Waals surface area contributed by atoms with E-state index in [0.29, 0.717) is 6.54 Å². The van der Waals surface area contributed by atoms with E-state index in [2.05, 4.69) is 9.97 Å². The predicted octanol–water partition coefficient (Wildman–Crippen LogP) is 1.67. The van der Waals surface area contributed by atoms with Gasteiger partial charge in [0, 0.05) is 31.0 Å². The average molecular weight is 324 g/mol. The van der Waals surface area contributed by atoms with Crippen LogP contribution in [0.3, 0.4) is 0 Å². The molecule has 3 heterocycles. The number of hydrogen-bond acceptors (Lipinski definition) is 5. The van der Waals surface area contributed by atoms with E-state index in [4.69, 9.17) is 5.11 Å². The minimum absolute atomic E-state index is 0.251. The van der Waals surface area contributed by atoms with Gasteiger partial charge in [-0.1, -0.05) is 12.1 Å². The summed E-state index contributed by atoms with van der Waals surface area (Å²) in [5.74, 6) is -0.193. The number of anilines is 1. The molecule has 7 nitrogen and oxygen atoms in total. The second-order valence-electron chi connectivity index (χ2n) is 5.86. The van der Waals surface area contributed by atoms with E-state index < -0.39 is 5.97 Å². The monoisotopic (exact) mass is 324 g/mol. The van der Waals surface area contributed by atoms with Gasteiger partial charge in [-0.05, 0) is 18.6 Å². The Hall–Kier alpha value is -2.93. The van der Waals surface area contributed by atoms with E-state index in [0.717, 1.165) is 35.7 Å². The number of aliphatic hydroxyl groups excluding tert-OH is 1. The minimum Gasteiger partial charge on any atom is -0.478 e. The van der Waals surface area contributed by atoms with Crippen molar-refractivity contribution in [3.05, 3.63) is 48.4 Å². The molecule has 0 amide bonds. The van der Waals surface area contributed by atoms with E-state index >= 15 is 0 Å². The summed E-state index contributed by atoms with van der Waals surface area (Å²) >= 11 is 0. The van der Waals surface area contributed by atoms with Crippen molar-refractivity contribution in [2.45, 2.75) is 12.5 Å². The average Bonchev–Trinajstić information content (AvgIpc) is 3.21. The van der Waals surface area contributed by atoms with Crippen LogP contribution in [-0.2, 0) is 0 Å². The summed E-state index contributed by atoms with van der Waals surface area (Å²) < 4.78 is 1.93. The van der Waals surface area contributed by atoms with Crippen molar-refractivity contribution < 1.29 is 15.0 Å². The standard InChI is InChI=1S/C17H16N4O3/c22-13-5-7-20(10-13)15-16-19-9-14(21(16)8-6-18-15)11-1-3-12(4-2-11)17(23)24/h1-4,6,8-9,13,22H,5,7,10H2,(H,23,24). The first-order valence-corrected chi connectivity index (χ1v) is 7.72. The van der Waals surface area contributed by atoms with Crippen LogP contribution in [-0.4, -0.2) is 49.7 Å². The largest absolute Gasteiger partial charge is 0.478 e. The van der Waals surface area contributed by atoms with Crippen molar-refractivity contribution in [3.63, 3.8) is 0 Å². The van der Waals surface area contributed by atoms with Crippen molar-refractivity contribution in [1.82, 2.24) is 14.4 Å². The molecular formula is C17H16N4O3. The Balaban J connectivity index is 1.76. The number of aliphatic hydroxyl groups is 1. The fourth-order valence-corrected chi connectivity index (χ4v) is 3.06. The van der Waals surface area contributed by atoms with Crippen LogP contribution in [0.15, 0.2) is 42.9 Å². The molecule has 0 radical (unpaired) electrons. The third-order valence-corrected chi connectivity index (χ3v) is 4.30. The van der Waals surface area contributed by atoms with E-state index in [1.54, 1.807) is 36.7 Å². The lowest BCUT2D eigenvalue weighted by Crippen LogP contribution is -2.23. The quantitative estimate of drug-likeness (QED) is 0.761. The van der Waals surface area contributed by atoms with E-state index in [9.17, 15) is 9.90 Å². The molecule has 1 aliphatic heterocycles. The van der Waals surface area contributed by atoms with Crippen LogP contribution in [0.5, 0.6) is 0 Å². The lowest BCUT2D eigenvalue weighted by atomic mass is 10.1. The molecule has 122 valence electrons. The molecule has 0 saturated carbocycles. The number of nitrogens with zero attached hydrogens (tertiary/aromatic N) is 4. The molecule has 4 rings (SSSR count). The number of aromatic nitrogens is 3. The Morgan fingerprint density at radius 3 is 2.67 bits per heavy atom. The molecule has 1 fully saturated rings. The van der Waals surface area contributed by atoms with Gasteiger partial charge in [-0.15, -0.1) is 0 Å². The van der Waals surface area contributed by atoms with Crippen LogP contribution in [0.25, 0.3) is 16.9 Å². The highest BCUT2D eigenvalue weighted by molar-refractivity contribution is 5.88. The third kappa shape index (κ3) is 2.39. The lowest BCUT2D eigenvalue weighted by molar-refractivity contribution is 0.0697. The summed E-state index contributed by atoms with van der Waals surface area (Å²) in [6.45, 7) is 1.31. The van der Waals surface area contributed by atoms with Crippen LogP contribution in [0, 0.1) is 0 Å². The maximum atomic E-state index is 11.0. The van der Waals surface area contributed by atoms with Crippen molar-refractivity contribution in [2.75, 3.05) is 18.0 Å². The second kappa shape index (κ2) is 5.61. The second-order valence-corrected chi connectivity index (χ2v) is 5.86. The summed E-state index contributed by atoms with van der Waals surface area (Å²) in [4.78, 5) is 21.9. The first-order chi connectivity index (χ1) is 11.6. The first kappa shape index (κ1) is 14.6. The molecular weight excluding hydrogens is 308 g/mol. The number of carboxylic acids is 1. The first-order valence-electron chi connectivity index (χ1n) is 7.72. The number of β-amino-alcohol motifs (C(OH)–C–C–N with tert-alkyl or cyclic N) is 1. The fourth-order valence-electron chi connectivity index (χ4n) is 3.06. The van der Waals surface area contributed by atoms with Gasteiger partial charge < -0.3 is 15.1 Å². The van der Waals surface area contributed by atoms with Gasteiger partial charge in [0.1, 0.15) is 0 Å². The molecule has 1 aromatic carbocycles. The van der Waals surface area contributed by atoms with Gasteiger partial charge in [-0.2, -0.15) is 0 Å². The molecule has 2 aromatic heterocycles. The highest BCUT2D eigenvalue weighted by Gasteiger charge is 2.24. The fraction of sp³-hybridized carbons (Fsp3) is 0.235. The lowest BCUT2D eigenvalue weighted by Gasteiger charge is -2.17. The van der Waals surface area contributed by atoms with Gasteiger partial charge in [0.15, 0.2) is 11.5 Å². The van der Waals surface area contributed by atoms with Gasteiger partial charge >= 0.3 is 5.97 Å². The molecule has 3 aromatic rings. The SMILES string of the molecule is O=C(O)c1ccc(-c2cnc3c(N4CCC(O)C4)nccn23)cc1. The Labute approximate surface area is 137 Å². The van der Waals surface area contributed by atoms with Gasteiger partial charge in [0.05, 0.1) is 23.6 Å². The van der Waals surface area contributed by atoms with Crippen molar-refractivity contribution in [3.8, 4) is 11.3 Å². The molecule has 7 heteroatoms. The maximum absolute atomic E-state index is 11.0. The Morgan fingerprint density at radius 2 is 2.00 bits per heavy atom. The number of rotatable bonds is 3. The number of aromatic carboxylic acids is 1. The van der Waals surface area contributed by atoms with Gasteiger partial charge in [0.25, 0.3) is 0 Å². The van der Waals surface area contributed by atoms with Gasteiger partial charge in [0.2, 0.25) is 0 Å². The third-order valence-electron chi connectivity index (χ3n) is 4.30. The predicted molar refractivity (Wildman–Crippen MR) is 88.2 cm³/mol. The summed E-state index contributed by atoms with van der Waals surface area (Å²) in [6, 6.07) is 6.70. The summed E-state index contributed by atoms with van der Waals surface area (Å²) in [5.41, 5.74) is 2.72. The number of hydrogen-bond donors (Lipinski definition) is 2. The molecule has 1 unspecified atom stereocenters. The Bertz CT molecular complexity index is 904. The summed E-state index contributed by atoms with van der Waals surface area (Å²) in [7, 11) is 0. The zero-order chi connectivity index (χ0) is 16.7. The number of imidazole rings is 1. The minimum atomic E-state index is -0.946. The van der Waals surface area contributed by atoms with Crippen molar-refractivity contribution >= 4 is 17.4 Å². The maximum Gasteiger partial charge on any atom is 0.335 e. The summed E-state index contributed by atoms with van der Waals surface area (Å²) in [6.07, 6.45) is 5.70. The van der Waals surface area contributed by atoms with Crippen LogP contribution >= 0.6 is 0 Å². The zero-order valence-electron chi connectivity index (χ0n) is 12.8. The smallest absolute Gasteiger partial charge is 0.335 e. The molecule has 1 saturated heterocycles. The highest BCUT2D eigenvalue weighted by Crippen LogP contribution is 2.27. The van der Waals surface area contributed by atoms with Gasteiger partial charge in [-0.3, -0.25) is 4.40 Å². The number of benzene rings is 1. The molecule has 1 atom stereocenters. The van der Waals surface area contributed by atoms with Crippen molar-refractivity contribution in [2.24, 2.45) is 0 Å². The normalized spacial score (nSPS) is 17.5. The van der Waals surface area contributed by atoms with Crippen molar-refractivity contribution in [1.29, 1.82) is 0 Å². The van der Waals surface area contributed by atoms with Crippen LogP contribution in [0.1, 0.15) is 16.8 Å². The highest BCUT2D eigenvalue weighted by atomic mass is 16.4. The molecule has 1 aliphatic rings. The molecule has 0 bridgehead atoms. The Morgan fingerprint density at radius 1 is 1.21 bits per heavy atom. The van der Waals surface area contributed by atoms with E-state index in [1.165, 1.54) is 0 Å². The topological polar surface area (TPSA) is 91.0 Å². The van der Waals surface area contributed by atoms with Crippen LogP contribution < -0.4 is 4.90 Å². The van der Waals surface area contributed by atoms with Crippen LogP contribution in [0.4, 0.5) is 5.82 Å².